The predicted molar refractivity (Wildman–Crippen MR) is 57.3 cm³/mol. The average molecular weight is 241 g/mol. The molecule has 82 valence electrons. The lowest BCUT2D eigenvalue weighted by Gasteiger charge is -2.20. The minimum atomic E-state index is 0. The van der Waals surface area contributed by atoms with E-state index in [2.05, 4.69) is 10.3 Å². The number of halogens is 2. The molecule has 0 spiro atoms. The lowest BCUT2D eigenvalue weighted by Crippen LogP contribution is -2.34. The van der Waals surface area contributed by atoms with Gasteiger partial charge in [0.1, 0.15) is 12.3 Å². The van der Waals surface area contributed by atoms with Crippen molar-refractivity contribution in [1.82, 2.24) is 10.3 Å². The van der Waals surface area contributed by atoms with Gasteiger partial charge in [-0.15, -0.1) is 24.8 Å². The number of hydrogen-bond acceptors (Lipinski definition) is 4. The van der Waals surface area contributed by atoms with Crippen molar-refractivity contribution >= 4 is 24.8 Å². The summed E-state index contributed by atoms with van der Waals surface area (Å²) < 4.78 is 10.5. The second-order valence-corrected chi connectivity index (χ2v) is 2.91. The van der Waals surface area contributed by atoms with Crippen LogP contribution in [0, 0.1) is 6.92 Å². The monoisotopic (exact) mass is 240 g/mol. The van der Waals surface area contributed by atoms with Crippen molar-refractivity contribution in [3.63, 3.8) is 0 Å². The Bertz CT molecular complexity index is 262. The first-order valence-corrected chi connectivity index (χ1v) is 4.09. The smallest absolute Gasteiger partial charge is 0.213 e. The van der Waals surface area contributed by atoms with E-state index in [-0.39, 0.29) is 30.9 Å². The van der Waals surface area contributed by atoms with E-state index in [9.17, 15) is 0 Å². The zero-order valence-corrected chi connectivity index (χ0v) is 9.49. The van der Waals surface area contributed by atoms with Crippen molar-refractivity contribution in [2.45, 2.75) is 13.0 Å². The molecule has 1 aromatic rings. The number of morpholine rings is 1. The zero-order chi connectivity index (χ0) is 8.39. The molecule has 2 rings (SSSR count). The van der Waals surface area contributed by atoms with Crippen LogP contribution < -0.4 is 5.32 Å². The molecule has 14 heavy (non-hydrogen) atoms. The number of nitrogens with one attached hydrogen (secondary N) is 1. The van der Waals surface area contributed by atoms with Gasteiger partial charge < -0.3 is 14.5 Å². The first-order chi connectivity index (χ1) is 5.86. The summed E-state index contributed by atoms with van der Waals surface area (Å²) in [7, 11) is 0. The highest BCUT2D eigenvalue weighted by molar-refractivity contribution is 5.85. The van der Waals surface area contributed by atoms with E-state index in [4.69, 9.17) is 9.15 Å². The van der Waals surface area contributed by atoms with E-state index in [1.165, 1.54) is 0 Å². The lowest BCUT2D eigenvalue weighted by molar-refractivity contribution is 0.0681. The summed E-state index contributed by atoms with van der Waals surface area (Å²) in [6.45, 7) is 4.21. The summed E-state index contributed by atoms with van der Waals surface area (Å²) >= 11 is 0. The molecular weight excluding hydrogens is 227 g/mol. The van der Waals surface area contributed by atoms with E-state index in [1.54, 1.807) is 6.26 Å². The average Bonchev–Trinajstić information content (AvgIpc) is 2.54. The van der Waals surface area contributed by atoms with Crippen LogP contribution in [0.1, 0.15) is 17.6 Å². The van der Waals surface area contributed by atoms with Crippen LogP contribution in [-0.2, 0) is 4.74 Å². The zero-order valence-electron chi connectivity index (χ0n) is 7.86. The number of rotatable bonds is 1. The predicted octanol–water partition coefficient (Wildman–Crippen LogP) is 1.49. The summed E-state index contributed by atoms with van der Waals surface area (Å²) in [4.78, 5) is 4.23. The Morgan fingerprint density at radius 1 is 1.50 bits per heavy atom. The van der Waals surface area contributed by atoms with Gasteiger partial charge in [-0.3, -0.25) is 0 Å². The van der Waals surface area contributed by atoms with Crippen LogP contribution >= 0.6 is 24.8 Å². The highest BCUT2D eigenvalue weighted by atomic mass is 35.5. The molecular formula is C8H14Cl2N2O2. The molecule has 1 atom stereocenters. The Morgan fingerprint density at radius 3 is 2.79 bits per heavy atom. The second kappa shape index (κ2) is 6.24. The Labute approximate surface area is 95.2 Å². The third kappa shape index (κ3) is 3.13. The van der Waals surface area contributed by atoms with Crippen LogP contribution in [0.4, 0.5) is 0 Å². The summed E-state index contributed by atoms with van der Waals surface area (Å²) in [5.74, 6) is 0.729. The third-order valence-corrected chi connectivity index (χ3v) is 1.86. The Balaban J connectivity index is 0.000000845. The highest BCUT2D eigenvalue weighted by Crippen LogP contribution is 2.14. The van der Waals surface area contributed by atoms with Crippen molar-refractivity contribution in [3.05, 3.63) is 17.8 Å². The molecule has 0 bridgehead atoms. The number of ether oxygens (including phenoxy) is 1. The fourth-order valence-electron chi connectivity index (χ4n) is 1.26. The number of nitrogens with zero attached hydrogens (tertiary/aromatic N) is 1. The molecule has 1 saturated heterocycles. The lowest BCUT2D eigenvalue weighted by atomic mass is 10.3. The topological polar surface area (TPSA) is 47.3 Å². The van der Waals surface area contributed by atoms with E-state index in [0.717, 1.165) is 24.7 Å². The molecule has 1 aromatic heterocycles. The molecule has 0 radical (unpaired) electrons. The van der Waals surface area contributed by atoms with Crippen molar-refractivity contribution in [3.8, 4) is 0 Å². The Hall–Kier alpha value is -0.290. The number of oxazole rings is 1. The maximum Gasteiger partial charge on any atom is 0.213 e. The maximum atomic E-state index is 5.28. The van der Waals surface area contributed by atoms with E-state index < -0.39 is 0 Å². The SMILES string of the molecule is Cc1coc(C2COCCN2)n1.Cl.Cl. The Morgan fingerprint density at radius 2 is 2.29 bits per heavy atom. The minimum absolute atomic E-state index is 0. The number of hydrogen-bond donors (Lipinski definition) is 1. The van der Waals surface area contributed by atoms with Gasteiger partial charge >= 0.3 is 0 Å². The summed E-state index contributed by atoms with van der Waals surface area (Å²) in [6, 6.07) is 0.132. The molecule has 0 aromatic carbocycles. The fourth-order valence-corrected chi connectivity index (χ4v) is 1.26. The van der Waals surface area contributed by atoms with Gasteiger partial charge in [0, 0.05) is 6.54 Å². The van der Waals surface area contributed by atoms with Gasteiger partial charge in [0.25, 0.3) is 0 Å². The van der Waals surface area contributed by atoms with Crippen LogP contribution in [0.15, 0.2) is 10.7 Å². The van der Waals surface area contributed by atoms with Gasteiger partial charge in [-0.1, -0.05) is 0 Å². The van der Waals surface area contributed by atoms with Crippen LogP contribution in [0.3, 0.4) is 0 Å². The van der Waals surface area contributed by atoms with E-state index in [0.29, 0.717) is 6.61 Å². The molecule has 0 saturated carbocycles. The molecule has 1 unspecified atom stereocenters. The molecule has 2 heterocycles. The molecule has 0 amide bonds. The van der Waals surface area contributed by atoms with Crippen molar-refractivity contribution in [2.24, 2.45) is 0 Å². The maximum absolute atomic E-state index is 5.28. The molecule has 6 heteroatoms. The van der Waals surface area contributed by atoms with E-state index >= 15 is 0 Å². The summed E-state index contributed by atoms with van der Waals surface area (Å²) in [6.07, 6.45) is 1.66. The van der Waals surface area contributed by atoms with Crippen molar-refractivity contribution < 1.29 is 9.15 Å². The third-order valence-electron chi connectivity index (χ3n) is 1.86. The standard InChI is InChI=1S/C8H12N2O2.2ClH/c1-6-4-12-8(10-6)7-5-11-3-2-9-7;;/h4,7,9H,2-3,5H2,1H3;2*1H. The van der Waals surface area contributed by atoms with Gasteiger partial charge in [-0.2, -0.15) is 0 Å². The molecule has 4 nitrogen and oxygen atoms in total. The van der Waals surface area contributed by atoms with Crippen molar-refractivity contribution in [2.75, 3.05) is 19.8 Å². The largest absolute Gasteiger partial charge is 0.447 e. The molecule has 1 fully saturated rings. The highest BCUT2D eigenvalue weighted by Gasteiger charge is 2.19. The molecule has 1 N–H and O–H groups in total. The van der Waals surface area contributed by atoms with Gasteiger partial charge in [0.2, 0.25) is 5.89 Å². The first kappa shape index (κ1) is 13.7. The second-order valence-electron chi connectivity index (χ2n) is 2.91. The van der Waals surface area contributed by atoms with Crippen LogP contribution in [-0.4, -0.2) is 24.7 Å². The first-order valence-electron chi connectivity index (χ1n) is 4.09. The van der Waals surface area contributed by atoms with Gasteiger partial charge in [-0.05, 0) is 6.92 Å². The Kier molecular flexibility index (Phi) is 6.11. The quantitative estimate of drug-likeness (QED) is 0.809. The summed E-state index contributed by atoms with van der Waals surface area (Å²) in [5, 5.41) is 3.27. The van der Waals surface area contributed by atoms with Crippen LogP contribution in [0.25, 0.3) is 0 Å². The normalized spacial score (nSPS) is 20.8. The molecule has 0 aliphatic carbocycles. The van der Waals surface area contributed by atoms with Gasteiger partial charge in [0.15, 0.2) is 0 Å². The number of aryl methyl sites for hydroxylation is 1. The van der Waals surface area contributed by atoms with Crippen LogP contribution in [0.2, 0.25) is 0 Å². The van der Waals surface area contributed by atoms with Gasteiger partial charge in [0.05, 0.1) is 18.9 Å². The summed E-state index contributed by atoms with van der Waals surface area (Å²) in [5.41, 5.74) is 0.914. The van der Waals surface area contributed by atoms with Gasteiger partial charge in [-0.25, -0.2) is 4.98 Å². The molecule has 1 aliphatic heterocycles. The minimum Gasteiger partial charge on any atom is -0.447 e. The molecule has 1 aliphatic rings. The van der Waals surface area contributed by atoms with E-state index in [1.807, 2.05) is 6.92 Å². The fraction of sp³-hybridized carbons (Fsp3) is 0.625. The van der Waals surface area contributed by atoms with Crippen LogP contribution in [0.5, 0.6) is 0 Å². The number of aromatic nitrogens is 1. The van der Waals surface area contributed by atoms with Crippen molar-refractivity contribution in [1.29, 1.82) is 0 Å².